The lowest BCUT2D eigenvalue weighted by molar-refractivity contribution is -0.809. The first-order valence-electron chi connectivity index (χ1n) is 3.20. The van der Waals surface area contributed by atoms with Gasteiger partial charge in [-0.2, -0.15) is 0 Å². The molecule has 4 nitrogen and oxygen atoms in total. The van der Waals surface area contributed by atoms with Gasteiger partial charge in [0.05, 0.1) is 20.7 Å². The van der Waals surface area contributed by atoms with Gasteiger partial charge in [0.15, 0.2) is 0 Å². The summed E-state index contributed by atoms with van der Waals surface area (Å²) in [5.41, 5.74) is 0. The van der Waals surface area contributed by atoms with Crippen LogP contribution in [-0.4, -0.2) is 49.9 Å². The van der Waals surface area contributed by atoms with Gasteiger partial charge in [-0.3, -0.25) is 0 Å². The summed E-state index contributed by atoms with van der Waals surface area (Å²) in [4.78, 5) is 11.0. The van der Waals surface area contributed by atoms with Crippen LogP contribution >= 0.6 is 0 Å². The Labute approximate surface area is 61.0 Å². The molecule has 2 amide bonds. The van der Waals surface area contributed by atoms with Crippen LogP contribution in [0.4, 0.5) is 4.79 Å². The van der Waals surface area contributed by atoms with Gasteiger partial charge in [-0.25, -0.2) is 9.28 Å². The number of hydrogen-bond acceptors (Lipinski definition) is 2. The summed E-state index contributed by atoms with van der Waals surface area (Å²) in [6.07, 6.45) is 0. The highest BCUT2D eigenvalue weighted by atomic mass is 16.3. The molecular weight excluding hydrogens is 132 g/mol. The summed E-state index contributed by atoms with van der Waals surface area (Å²) in [7, 11) is 5.07. The quantitative estimate of drug-likeness (QED) is 0.512. The van der Waals surface area contributed by atoms with E-state index in [4.69, 9.17) is 5.11 Å². The summed E-state index contributed by atoms with van der Waals surface area (Å²) in [5.74, 6) is 0. The topological polar surface area (TPSA) is 49.3 Å². The van der Waals surface area contributed by atoms with Gasteiger partial charge in [-0.05, 0) is 0 Å². The second-order valence-corrected chi connectivity index (χ2v) is 2.69. The van der Waals surface area contributed by atoms with E-state index in [0.29, 0.717) is 6.54 Å². The maximum atomic E-state index is 11.0. The number of nitrogens with zero attached hydrogens (tertiary/aromatic N) is 1. The van der Waals surface area contributed by atoms with Crippen LogP contribution in [0.15, 0.2) is 0 Å². The molecule has 0 saturated carbocycles. The summed E-state index contributed by atoms with van der Waals surface area (Å²) in [5, 5.41) is 11.1. The predicted molar refractivity (Wildman–Crippen MR) is 38.5 cm³/mol. The van der Waals surface area contributed by atoms with Crippen LogP contribution in [0.25, 0.3) is 0 Å². The third kappa shape index (κ3) is 2.33. The van der Waals surface area contributed by atoms with Gasteiger partial charge in [-0.15, -0.1) is 0 Å². The average Bonchev–Trinajstić information content (AvgIpc) is 1.86. The zero-order valence-electron chi connectivity index (χ0n) is 6.72. The van der Waals surface area contributed by atoms with Gasteiger partial charge in [-0.1, -0.05) is 0 Å². The van der Waals surface area contributed by atoms with E-state index in [0.717, 1.165) is 0 Å². The third-order valence-electron chi connectivity index (χ3n) is 1.42. The van der Waals surface area contributed by atoms with Crippen molar-refractivity contribution in [2.45, 2.75) is 0 Å². The van der Waals surface area contributed by atoms with E-state index in [1.165, 1.54) is 0 Å². The number of nitrogens with one attached hydrogen (secondary N) is 1. The van der Waals surface area contributed by atoms with Gasteiger partial charge in [0.1, 0.15) is 6.54 Å². The molecule has 0 aromatic carbocycles. The Balaban J connectivity index is 3.96. The van der Waals surface area contributed by atoms with Crippen LogP contribution in [0, 0.1) is 0 Å². The molecule has 0 spiro atoms. The zero-order chi connectivity index (χ0) is 8.20. The second-order valence-electron chi connectivity index (χ2n) is 2.69. The minimum Gasteiger partial charge on any atom is -0.390 e. The Bertz CT molecular complexity index is 123. The first kappa shape index (κ1) is 9.39. The molecule has 0 heterocycles. The first-order chi connectivity index (χ1) is 4.54. The lowest BCUT2D eigenvalue weighted by Gasteiger charge is -2.24. The van der Waals surface area contributed by atoms with Crippen molar-refractivity contribution < 1.29 is 14.4 Å². The number of quaternary nitrogens is 1. The Hall–Kier alpha value is -0.610. The van der Waals surface area contributed by atoms with E-state index in [-0.39, 0.29) is 17.1 Å². The molecule has 0 aliphatic carbocycles. The number of hydrogen-bond donors (Lipinski definition) is 2. The fraction of sp³-hybridized carbons (Fsp3) is 0.833. The molecule has 0 fully saturated rings. The molecule has 0 aliphatic heterocycles. The number of likely N-dealkylation sites (N-methyl/N-ethyl adjacent to an activating group) is 1. The maximum absolute atomic E-state index is 11.0. The van der Waals surface area contributed by atoms with Crippen molar-refractivity contribution in [2.24, 2.45) is 0 Å². The molecule has 0 unspecified atom stereocenters. The van der Waals surface area contributed by atoms with Gasteiger partial charge in [0.2, 0.25) is 0 Å². The SMILES string of the molecule is CNC(=O)[N+](C)(C)CCO. The maximum Gasteiger partial charge on any atom is 0.415 e. The van der Waals surface area contributed by atoms with Crippen molar-refractivity contribution in [2.75, 3.05) is 34.3 Å². The van der Waals surface area contributed by atoms with Crippen LogP contribution in [0.5, 0.6) is 0 Å². The highest BCUT2D eigenvalue weighted by Gasteiger charge is 2.23. The van der Waals surface area contributed by atoms with Crippen molar-refractivity contribution in [3.8, 4) is 0 Å². The van der Waals surface area contributed by atoms with Gasteiger partial charge in [0.25, 0.3) is 0 Å². The molecule has 0 aromatic rings. The Morgan fingerprint density at radius 3 is 2.40 bits per heavy atom. The lowest BCUT2D eigenvalue weighted by Crippen LogP contribution is -2.51. The molecule has 2 N–H and O–H groups in total. The molecule has 0 rings (SSSR count). The Morgan fingerprint density at radius 2 is 2.10 bits per heavy atom. The summed E-state index contributed by atoms with van der Waals surface area (Å²) in [6, 6.07) is -0.0888. The number of aliphatic hydroxyl groups excluding tert-OH is 1. The lowest BCUT2D eigenvalue weighted by atomic mass is 10.5. The van der Waals surface area contributed by atoms with E-state index < -0.39 is 0 Å². The van der Waals surface area contributed by atoms with Gasteiger partial charge >= 0.3 is 6.03 Å². The summed E-state index contributed by atoms with van der Waals surface area (Å²) < 4.78 is 0.174. The van der Waals surface area contributed by atoms with Crippen LogP contribution in [0.1, 0.15) is 0 Å². The average molecular weight is 147 g/mol. The molecule has 0 bridgehead atoms. The predicted octanol–water partition coefficient (Wildman–Crippen LogP) is -0.605. The fourth-order valence-electron chi connectivity index (χ4n) is 0.654. The first-order valence-corrected chi connectivity index (χ1v) is 3.20. The Morgan fingerprint density at radius 1 is 1.60 bits per heavy atom. The minimum absolute atomic E-state index is 0.0282. The van der Waals surface area contributed by atoms with Crippen LogP contribution in [0.2, 0.25) is 0 Å². The molecule has 60 valence electrons. The number of aliphatic hydroxyl groups is 1. The standard InChI is InChI=1S/C6H14N2O2/c1-7-6(10)8(2,3)4-5-9/h9H,4-5H2,1-3H3/p+1. The molecular formula is C6H15N2O2+. The van der Waals surface area contributed by atoms with Crippen molar-refractivity contribution in [1.29, 1.82) is 0 Å². The van der Waals surface area contributed by atoms with Crippen molar-refractivity contribution in [3.63, 3.8) is 0 Å². The van der Waals surface area contributed by atoms with Crippen LogP contribution in [0.3, 0.4) is 0 Å². The van der Waals surface area contributed by atoms with E-state index in [9.17, 15) is 4.79 Å². The monoisotopic (exact) mass is 147 g/mol. The smallest absolute Gasteiger partial charge is 0.390 e. The molecule has 0 radical (unpaired) electrons. The molecule has 0 atom stereocenters. The van der Waals surface area contributed by atoms with Crippen molar-refractivity contribution in [1.82, 2.24) is 5.32 Å². The van der Waals surface area contributed by atoms with Crippen molar-refractivity contribution >= 4 is 6.03 Å². The highest BCUT2D eigenvalue weighted by molar-refractivity contribution is 5.65. The van der Waals surface area contributed by atoms with Gasteiger partial charge < -0.3 is 10.4 Å². The van der Waals surface area contributed by atoms with E-state index >= 15 is 0 Å². The normalized spacial score (nSPS) is 11.2. The summed E-state index contributed by atoms with van der Waals surface area (Å²) >= 11 is 0. The number of urea groups is 1. The highest BCUT2D eigenvalue weighted by Crippen LogP contribution is 1.95. The molecule has 0 aromatic heterocycles. The van der Waals surface area contributed by atoms with E-state index in [1.807, 2.05) is 0 Å². The molecule has 0 aliphatic rings. The minimum atomic E-state index is -0.0888. The van der Waals surface area contributed by atoms with E-state index in [2.05, 4.69) is 5.32 Å². The molecule has 4 heteroatoms. The van der Waals surface area contributed by atoms with Crippen molar-refractivity contribution in [3.05, 3.63) is 0 Å². The molecule has 10 heavy (non-hydrogen) atoms. The second kappa shape index (κ2) is 3.53. The number of carbonyl (C=O) groups is 1. The number of carbonyl (C=O) groups excluding carboxylic acids is 1. The molecule has 0 saturated heterocycles. The zero-order valence-corrected chi connectivity index (χ0v) is 6.72. The van der Waals surface area contributed by atoms with Crippen LogP contribution < -0.4 is 5.32 Å². The largest absolute Gasteiger partial charge is 0.415 e. The fourth-order valence-corrected chi connectivity index (χ4v) is 0.654. The number of amides is 2. The van der Waals surface area contributed by atoms with E-state index in [1.54, 1.807) is 21.1 Å². The van der Waals surface area contributed by atoms with Gasteiger partial charge in [0, 0.05) is 7.05 Å². The van der Waals surface area contributed by atoms with Crippen LogP contribution in [-0.2, 0) is 0 Å². The third-order valence-corrected chi connectivity index (χ3v) is 1.42. The number of rotatable bonds is 2. The Kier molecular flexibility index (Phi) is 3.32. The summed E-state index contributed by atoms with van der Waals surface area (Å²) in [6.45, 7) is 0.472.